The number of hydrogen-bond donors (Lipinski definition) is 0. The van der Waals surface area contributed by atoms with Gasteiger partial charge in [0.15, 0.2) is 12.9 Å². The van der Waals surface area contributed by atoms with Crippen LogP contribution in [0.2, 0.25) is 0 Å². The summed E-state index contributed by atoms with van der Waals surface area (Å²) in [6.45, 7) is 0.381. The third kappa shape index (κ3) is 5.18. The fourth-order valence-electron chi connectivity index (χ4n) is 1.94. The van der Waals surface area contributed by atoms with Gasteiger partial charge in [-0.3, -0.25) is 9.59 Å². The van der Waals surface area contributed by atoms with Gasteiger partial charge < -0.3 is 9.64 Å². The Kier molecular flexibility index (Phi) is 6.36. The van der Waals surface area contributed by atoms with Crippen LogP contribution < -0.4 is 4.74 Å². The van der Waals surface area contributed by atoms with Gasteiger partial charge in [-0.2, -0.15) is 0 Å². The molecule has 0 unspecified atom stereocenters. The molecule has 0 atom stereocenters. The molecule has 4 nitrogen and oxygen atoms in total. The molecular weight excluding hydrogens is 426 g/mol. The largest absolute Gasteiger partial charge is 0.483 e. The minimum absolute atomic E-state index is 0.116. The highest BCUT2D eigenvalue weighted by Gasteiger charge is 2.12. The Morgan fingerprint density at radius 2 is 1.78 bits per heavy atom. The lowest BCUT2D eigenvalue weighted by Crippen LogP contribution is -2.31. The average molecular weight is 441 g/mol. The van der Waals surface area contributed by atoms with Gasteiger partial charge in [-0.15, -0.1) is 0 Å². The summed E-state index contributed by atoms with van der Waals surface area (Å²) >= 11 is 6.67. The van der Waals surface area contributed by atoms with Crippen LogP contribution in [0.3, 0.4) is 0 Å². The van der Waals surface area contributed by atoms with Crippen molar-refractivity contribution in [1.82, 2.24) is 4.90 Å². The maximum absolute atomic E-state index is 12.1. The summed E-state index contributed by atoms with van der Waals surface area (Å²) in [5, 5.41) is 0. The number of amides is 1. The van der Waals surface area contributed by atoms with E-state index < -0.39 is 0 Å². The number of nitrogens with zero attached hydrogens (tertiary/aromatic N) is 1. The normalized spacial score (nSPS) is 10.2. The second kappa shape index (κ2) is 8.26. The van der Waals surface area contributed by atoms with Gasteiger partial charge in [-0.05, 0) is 35.9 Å². The minimum atomic E-state index is -0.160. The second-order valence-corrected chi connectivity index (χ2v) is 6.80. The first-order chi connectivity index (χ1) is 11.0. The molecule has 120 valence electrons. The van der Waals surface area contributed by atoms with Gasteiger partial charge in [-0.25, -0.2) is 0 Å². The molecule has 2 rings (SSSR count). The molecule has 0 spiro atoms. The van der Waals surface area contributed by atoms with Crippen molar-refractivity contribution >= 4 is 44.1 Å². The Labute approximate surface area is 151 Å². The van der Waals surface area contributed by atoms with E-state index in [1.165, 1.54) is 0 Å². The van der Waals surface area contributed by atoms with E-state index in [4.69, 9.17) is 4.74 Å². The van der Waals surface area contributed by atoms with Gasteiger partial charge in [0.25, 0.3) is 5.91 Å². The maximum Gasteiger partial charge on any atom is 0.260 e. The number of ether oxygens (including phenoxy) is 1. The van der Waals surface area contributed by atoms with Crippen molar-refractivity contribution < 1.29 is 14.3 Å². The lowest BCUT2D eigenvalue weighted by atomic mass is 10.2. The molecule has 2 aromatic carbocycles. The Hall–Kier alpha value is -1.66. The van der Waals surface area contributed by atoms with Gasteiger partial charge in [0, 0.05) is 22.5 Å². The zero-order valence-corrected chi connectivity index (χ0v) is 15.6. The number of aldehydes is 1. The first kappa shape index (κ1) is 17.7. The van der Waals surface area contributed by atoms with Crippen LogP contribution in [-0.4, -0.2) is 30.7 Å². The number of likely N-dealkylation sites (N-methyl/N-ethyl adjacent to an activating group) is 1. The lowest BCUT2D eigenvalue weighted by molar-refractivity contribution is -0.132. The van der Waals surface area contributed by atoms with Crippen molar-refractivity contribution in [2.45, 2.75) is 6.54 Å². The molecule has 0 aromatic heterocycles. The fraction of sp³-hybridized carbons (Fsp3) is 0.176. The predicted molar refractivity (Wildman–Crippen MR) is 95.6 cm³/mol. The van der Waals surface area contributed by atoms with Crippen LogP contribution in [0.5, 0.6) is 5.75 Å². The van der Waals surface area contributed by atoms with Crippen molar-refractivity contribution in [3.8, 4) is 5.75 Å². The standard InChI is InChI=1S/C17H15Br2NO3/c1-20(9-12-2-4-14(18)5-3-12)17(22)11-23-16-7-6-15(19)8-13(16)10-21/h2-8,10H,9,11H2,1H3. The van der Waals surface area contributed by atoms with E-state index in [0.717, 1.165) is 14.5 Å². The Balaban J connectivity index is 1.93. The van der Waals surface area contributed by atoms with E-state index in [1.807, 2.05) is 24.3 Å². The zero-order chi connectivity index (χ0) is 16.8. The van der Waals surface area contributed by atoms with Gasteiger partial charge >= 0.3 is 0 Å². The second-order valence-electron chi connectivity index (χ2n) is 4.96. The summed E-state index contributed by atoms with van der Waals surface area (Å²) < 4.78 is 7.25. The molecule has 23 heavy (non-hydrogen) atoms. The minimum Gasteiger partial charge on any atom is -0.483 e. The maximum atomic E-state index is 12.1. The number of benzene rings is 2. The van der Waals surface area contributed by atoms with Gasteiger partial charge in [0.05, 0.1) is 5.56 Å². The van der Waals surface area contributed by atoms with Crippen molar-refractivity contribution in [3.63, 3.8) is 0 Å². The van der Waals surface area contributed by atoms with Crippen molar-refractivity contribution in [3.05, 3.63) is 62.5 Å². The summed E-state index contributed by atoms with van der Waals surface area (Å²) in [5.74, 6) is 0.237. The molecule has 0 fully saturated rings. The van der Waals surface area contributed by atoms with Crippen molar-refractivity contribution in [1.29, 1.82) is 0 Å². The predicted octanol–water partition coefficient (Wildman–Crippen LogP) is 4.06. The smallest absolute Gasteiger partial charge is 0.260 e. The molecule has 0 saturated carbocycles. The Morgan fingerprint density at radius 1 is 1.13 bits per heavy atom. The number of carbonyl (C=O) groups is 2. The number of rotatable bonds is 6. The average Bonchev–Trinajstić information content (AvgIpc) is 2.55. The summed E-state index contributed by atoms with van der Waals surface area (Å²) in [5.41, 5.74) is 1.43. The first-order valence-corrected chi connectivity index (χ1v) is 8.44. The number of carbonyl (C=O) groups excluding carboxylic acids is 2. The van der Waals surface area contributed by atoms with Gasteiger partial charge in [0.1, 0.15) is 5.75 Å². The molecule has 2 aromatic rings. The third-order valence-electron chi connectivity index (χ3n) is 3.21. The quantitative estimate of drug-likeness (QED) is 0.636. The molecule has 0 radical (unpaired) electrons. The van der Waals surface area contributed by atoms with Crippen LogP contribution in [-0.2, 0) is 11.3 Å². The molecule has 0 bridgehead atoms. The summed E-state index contributed by atoms with van der Waals surface area (Å²) in [6, 6.07) is 12.8. The van der Waals surface area contributed by atoms with E-state index >= 15 is 0 Å². The van der Waals surface area contributed by atoms with Crippen molar-refractivity contribution in [2.24, 2.45) is 0 Å². The van der Waals surface area contributed by atoms with Gasteiger partial charge in [0.2, 0.25) is 0 Å². The lowest BCUT2D eigenvalue weighted by Gasteiger charge is -2.18. The molecule has 0 aliphatic heterocycles. The molecule has 0 aliphatic carbocycles. The topological polar surface area (TPSA) is 46.6 Å². The van der Waals surface area contributed by atoms with Crippen LogP contribution in [0.15, 0.2) is 51.4 Å². The van der Waals surface area contributed by atoms with Crippen LogP contribution >= 0.6 is 31.9 Å². The van der Waals surface area contributed by atoms with E-state index in [2.05, 4.69) is 31.9 Å². The van der Waals surface area contributed by atoms with Crippen LogP contribution in [0.4, 0.5) is 0 Å². The van der Waals surface area contributed by atoms with E-state index in [0.29, 0.717) is 24.1 Å². The fourth-order valence-corrected chi connectivity index (χ4v) is 2.59. The molecule has 0 N–H and O–H groups in total. The highest BCUT2D eigenvalue weighted by Crippen LogP contribution is 2.21. The highest BCUT2D eigenvalue weighted by molar-refractivity contribution is 9.10. The summed E-state index contributed by atoms with van der Waals surface area (Å²) in [6.07, 6.45) is 0.704. The van der Waals surface area contributed by atoms with E-state index in [9.17, 15) is 9.59 Å². The molecular formula is C17H15Br2NO3. The first-order valence-electron chi connectivity index (χ1n) is 6.85. The Bertz CT molecular complexity index is 701. The zero-order valence-electron chi connectivity index (χ0n) is 12.5. The van der Waals surface area contributed by atoms with Crippen LogP contribution in [0.1, 0.15) is 15.9 Å². The van der Waals surface area contributed by atoms with Crippen molar-refractivity contribution in [2.75, 3.05) is 13.7 Å². The summed E-state index contributed by atoms with van der Waals surface area (Å²) in [7, 11) is 1.72. The molecule has 0 saturated heterocycles. The highest BCUT2D eigenvalue weighted by atomic mass is 79.9. The van der Waals surface area contributed by atoms with Gasteiger partial charge in [-0.1, -0.05) is 44.0 Å². The van der Waals surface area contributed by atoms with E-state index in [-0.39, 0.29) is 12.5 Å². The van der Waals surface area contributed by atoms with Crippen LogP contribution in [0, 0.1) is 0 Å². The monoisotopic (exact) mass is 439 g/mol. The molecule has 0 heterocycles. The summed E-state index contributed by atoms with van der Waals surface area (Å²) in [4.78, 5) is 24.8. The SMILES string of the molecule is CN(Cc1ccc(Br)cc1)C(=O)COc1ccc(Br)cc1C=O. The molecule has 1 amide bonds. The Morgan fingerprint density at radius 3 is 2.43 bits per heavy atom. The number of hydrogen-bond acceptors (Lipinski definition) is 3. The van der Waals surface area contributed by atoms with E-state index in [1.54, 1.807) is 30.1 Å². The molecule has 6 heteroatoms. The number of halogens is 2. The van der Waals surface area contributed by atoms with Crippen LogP contribution in [0.25, 0.3) is 0 Å². The molecule has 0 aliphatic rings. The third-order valence-corrected chi connectivity index (χ3v) is 4.23.